The van der Waals surface area contributed by atoms with Crippen molar-refractivity contribution in [2.24, 2.45) is 0 Å². The molecule has 50 heavy (non-hydrogen) atoms. The highest BCUT2D eigenvalue weighted by Crippen LogP contribution is 2.51. The van der Waals surface area contributed by atoms with Crippen molar-refractivity contribution in [1.82, 2.24) is 9.55 Å². The second-order valence-electron chi connectivity index (χ2n) is 12.8. The van der Waals surface area contributed by atoms with Crippen molar-refractivity contribution in [3.63, 3.8) is 0 Å². The number of benzene rings is 8. The molecule has 0 atom stereocenters. The van der Waals surface area contributed by atoms with Gasteiger partial charge in [-0.15, -0.1) is 0 Å². The van der Waals surface area contributed by atoms with Crippen LogP contribution in [0, 0.1) is 0 Å². The molecule has 0 aliphatic heterocycles. The van der Waals surface area contributed by atoms with Crippen LogP contribution in [0.15, 0.2) is 169 Å². The monoisotopic (exact) mass is 653 g/mol. The van der Waals surface area contributed by atoms with Crippen molar-refractivity contribution in [3.05, 3.63) is 181 Å². The molecular formula is C48H34N2. The van der Waals surface area contributed by atoms with Crippen molar-refractivity contribution >= 4 is 32.6 Å². The summed E-state index contributed by atoms with van der Waals surface area (Å²) in [6.45, 7) is 3.28. The van der Waals surface area contributed by atoms with Crippen LogP contribution < -0.4 is 0 Å². The first-order chi connectivity index (χ1) is 30.8. The first kappa shape index (κ1) is 17.4. The van der Waals surface area contributed by atoms with E-state index < -0.39 is 90.0 Å². The number of hydrogen-bond acceptors (Lipinski definition) is 1. The Hall–Kier alpha value is -6.25. The minimum atomic E-state index is -1.37. The standard InChI is InChI=1S/C48H34N2/c1-48(2)41-25-13-12-18-33(41)34-29-28-31(30-42(34)48)45-35-19-6-8-21-37(35)46(38-22-9-7-20-36(38)45)39-23-10-11-24-40(39)47-49-43-26-14-15-27-44(43)50(47)32-16-4-3-5-17-32/h3-30H,1-2H3/i6D,7D,8D,9D,12D,13D,18D,19D,20D,21D,22D,25D,28D,29D,30D. The second-order valence-corrected chi connectivity index (χ2v) is 12.8. The van der Waals surface area contributed by atoms with Crippen molar-refractivity contribution in [1.29, 1.82) is 0 Å². The Bertz CT molecular complexity index is 3550. The summed E-state index contributed by atoms with van der Waals surface area (Å²) in [5, 5.41) is -0.833. The molecule has 0 radical (unpaired) electrons. The summed E-state index contributed by atoms with van der Waals surface area (Å²) in [6.07, 6.45) is 0. The first-order valence-electron chi connectivity index (χ1n) is 23.7. The zero-order valence-electron chi connectivity index (χ0n) is 41.9. The van der Waals surface area contributed by atoms with Gasteiger partial charge in [-0.2, -0.15) is 0 Å². The largest absolute Gasteiger partial charge is 0.292 e. The molecule has 1 aliphatic rings. The van der Waals surface area contributed by atoms with Gasteiger partial charge in [0, 0.05) is 16.7 Å². The molecule has 236 valence electrons. The highest BCUT2D eigenvalue weighted by molar-refractivity contribution is 6.22. The number of rotatable bonds is 4. The van der Waals surface area contributed by atoms with E-state index >= 15 is 0 Å². The van der Waals surface area contributed by atoms with E-state index in [1.54, 1.807) is 38.1 Å². The topological polar surface area (TPSA) is 17.8 Å². The van der Waals surface area contributed by atoms with Crippen molar-refractivity contribution in [3.8, 4) is 50.5 Å². The molecule has 0 N–H and O–H groups in total. The Labute approximate surface area is 313 Å². The molecule has 1 aromatic heterocycles. The molecular weight excluding hydrogens is 605 g/mol. The van der Waals surface area contributed by atoms with Gasteiger partial charge in [0.2, 0.25) is 0 Å². The molecule has 9 aromatic rings. The van der Waals surface area contributed by atoms with Gasteiger partial charge in [-0.3, -0.25) is 4.57 Å². The van der Waals surface area contributed by atoms with Crippen LogP contribution in [0.5, 0.6) is 0 Å². The Balaban J connectivity index is 1.44. The summed E-state index contributed by atoms with van der Waals surface area (Å²) in [5.74, 6) is 0.426. The summed E-state index contributed by atoms with van der Waals surface area (Å²) in [4.78, 5) is 5.07. The van der Waals surface area contributed by atoms with Crippen LogP contribution in [0.2, 0.25) is 0 Å². The fourth-order valence-corrected chi connectivity index (χ4v) is 7.37. The third-order valence-corrected chi connectivity index (χ3v) is 9.64. The molecule has 2 nitrogen and oxygen atoms in total. The van der Waals surface area contributed by atoms with Gasteiger partial charge in [0.05, 0.1) is 31.6 Å². The second kappa shape index (κ2) is 10.9. The van der Waals surface area contributed by atoms with Gasteiger partial charge in [0.15, 0.2) is 0 Å². The lowest BCUT2D eigenvalue weighted by Gasteiger charge is -2.23. The molecule has 0 fully saturated rings. The van der Waals surface area contributed by atoms with Crippen LogP contribution >= 0.6 is 0 Å². The van der Waals surface area contributed by atoms with Crippen molar-refractivity contribution < 1.29 is 20.6 Å². The Morgan fingerprint density at radius 2 is 1.10 bits per heavy atom. The highest BCUT2D eigenvalue weighted by atomic mass is 15.1. The van der Waals surface area contributed by atoms with Crippen LogP contribution in [0.4, 0.5) is 0 Å². The zero-order valence-corrected chi connectivity index (χ0v) is 26.9. The van der Waals surface area contributed by atoms with E-state index in [2.05, 4.69) is 0 Å². The quantitative estimate of drug-likeness (QED) is 0.173. The van der Waals surface area contributed by atoms with Crippen molar-refractivity contribution in [2.45, 2.75) is 19.3 Å². The highest BCUT2D eigenvalue weighted by Gasteiger charge is 2.35. The van der Waals surface area contributed by atoms with Crippen LogP contribution in [0.1, 0.15) is 45.5 Å². The first-order valence-corrected chi connectivity index (χ1v) is 16.2. The lowest BCUT2D eigenvalue weighted by molar-refractivity contribution is 0.660. The smallest absolute Gasteiger partial charge is 0.146 e. The molecule has 0 saturated heterocycles. The maximum Gasteiger partial charge on any atom is 0.146 e. The number of fused-ring (bicyclic) bond motifs is 6. The average molecular weight is 654 g/mol. The molecule has 1 heterocycles. The fraction of sp³-hybridized carbons (Fsp3) is 0.0625. The van der Waals surface area contributed by atoms with E-state index in [4.69, 9.17) is 16.0 Å². The van der Waals surface area contributed by atoms with Crippen molar-refractivity contribution in [2.75, 3.05) is 0 Å². The average Bonchev–Trinajstić information content (AvgIpc) is 3.81. The van der Waals surface area contributed by atoms with E-state index in [1.807, 2.05) is 59.2 Å². The number of imidazole rings is 1. The third-order valence-electron chi connectivity index (χ3n) is 9.64. The van der Waals surface area contributed by atoms with Gasteiger partial charge in [-0.1, -0.05) is 153 Å². The summed E-state index contributed by atoms with van der Waals surface area (Å²) in [7, 11) is 0. The number of hydrogen-bond donors (Lipinski definition) is 0. The normalized spacial score (nSPS) is 17.4. The lowest BCUT2D eigenvalue weighted by Crippen LogP contribution is -2.14. The van der Waals surface area contributed by atoms with Crippen LogP contribution in [0.25, 0.3) is 83.0 Å². The zero-order chi connectivity index (χ0) is 46.5. The summed E-state index contributed by atoms with van der Waals surface area (Å²) >= 11 is 0. The van der Waals surface area contributed by atoms with E-state index in [0.717, 1.165) is 11.2 Å². The van der Waals surface area contributed by atoms with Crippen LogP contribution in [0.3, 0.4) is 0 Å². The Morgan fingerprint density at radius 3 is 1.84 bits per heavy atom. The minimum Gasteiger partial charge on any atom is -0.292 e. The number of aromatic nitrogens is 2. The van der Waals surface area contributed by atoms with E-state index in [1.165, 1.54) is 0 Å². The van der Waals surface area contributed by atoms with Gasteiger partial charge < -0.3 is 0 Å². The summed E-state index contributed by atoms with van der Waals surface area (Å²) in [5.41, 5.74) is 1.02. The molecule has 1 aliphatic carbocycles. The van der Waals surface area contributed by atoms with E-state index in [-0.39, 0.29) is 66.5 Å². The minimum absolute atomic E-state index is 0.0263. The van der Waals surface area contributed by atoms with Gasteiger partial charge in [0.25, 0.3) is 0 Å². The van der Waals surface area contributed by atoms with E-state index in [9.17, 15) is 9.60 Å². The fourth-order valence-electron chi connectivity index (χ4n) is 7.37. The summed E-state index contributed by atoms with van der Waals surface area (Å²) < 4.78 is 140. The predicted molar refractivity (Wildman–Crippen MR) is 210 cm³/mol. The summed E-state index contributed by atoms with van der Waals surface area (Å²) in [6, 6.07) is 15.4. The SMILES string of the molecule is [2H]c1c([2H])c([2H])c2c(c1[2H])-c1c([2H])c([2H])c(-c3c4c([2H])c([2H])c([2H])c([2H])c4c(-c4ccccc4-c4nc5ccccc5n4-c4ccccc4)c4c([2H])c([2H])c([2H])c([2H])c34)c([2H])c1C2(C)C. The van der Waals surface area contributed by atoms with Gasteiger partial charge >= 0.3 is 0 Å². The maximum atomic E-state index is 9.98. The molecule has 0 unspecified atom stereocenters. The molecule has 8 aromatic carbocycles. The lowest BCUT2D eigenvalue weighted by atomic mass is 9.80. The number of nitrogens with zero attached hydrogens (tertiary/aromatic N) is 2. The van der Waals surface area contributed by atoms with E-state index in [0.29, 0.717) is 22.5 Å². The van der Waals surface area contributed by atoms with Gasteiger partial charge in [-0.25, -0.2) is 4.98 Å². The third kappa shape index (κ3) is 4.12. The molecule has 0 spiro atoms. The molecule has 10 rings (SSSR count). The van der Waals surface area contributed by atoms with Gasteiger partial charge in [0.1, 0.15) is 5.82 Å². The molecule has 2 heteroatoms. The molecule has 0 amide bonds. The molecule has 0 saturated carbocycles. The molecule has 0 bridgehead atoms. The number of para-hydroxylation sites is 3. The van der Waals surface area contributed by atoms with Gasteiger partial charge in [-0.05, 0) is 96.4 Å². The predicted octanol–water partition coefficient (Wildman–Crippen LogP) is 12.6. The Kier molecular flexibility index (Phi) is 3.79. The van der Waals surface area contributed by atoms with Crippen LogP contribution in [-0.4, -0.2) is 9.55 Å². The van der Waals surface area contributed by atoms with Crippen LogP contribution in [-0.2, 0) is 5.41 Å². The Morgan fingerprint density at radius 1 is 0.520 bits per heavy atom. The maximum absolute atomic E-state index is 9.98.